The highest BCUT2D eigenvalue weighted by Gasteiger charge is 2.11. The van der Waals surface area contributed by atoms with Crippen LogP contribution in [-0.2, 0) is 0 Å². The maximum Gasteiger partial charge on any atom is 0.0612 e. The molecular formula is C14H23ClN2. The minimum absolute atomic E-state index is 0.651. The Morgan fingerprint density at radius 1 is 1.29 bits per heavy atom. The van der Waals surface area contributed by atoms with Crippen LogP contribution in [0.3, 0.4) is 0 Å². The van der Waals surface area contributed by atoms with Gasteiger partial charge < -0.3 is 10.6 Å². The lowest BCUT2D eigenvalue weighted by molar-refractivity contribution is 0.441. The second kappa shape index (κ2) is 6.15. The Bertz CT molecular complexity index is 363. The van der Waals surface area contributed by atoms with Crippen molar-refractivity contribution in [3.8, 4) is 0 Å². The molecule has 0 bridgehead atoms. The first-order valence-corrected chi connectivity index (χ1v) is 6.54. The van der Waals surface area contributed by atoms with Gasteiger partial charge >= 0.3 is 0 Å². The fourth-order valence-corrected chi connectivity index (χ4v) is 2.46. The summed E-state index contributed by atoms with van der Waals surface area (Å²) in [6.07, 6.45) is 1.23. The Kier molecular flexibility index (Phi) is 5.13. The fraction of sp³-hybridized carbons (Fsp3) is 0.571. The molecule has 3 heteroatoms. The van der Waals surface area contributed by atoms with Crippen molar-refractivity contribution in [3.05, 3.63) is 23.2 Å². The molecule has 0 fully saturated rings. The van der Waals surface area contributed by atoms with Crippen LogP contribution in [0, 0.1) is 11.8 Å². The Morgan fingerprint density at radius 2 is 1.94 bits per heavy atom. The first-order chi connectivity index (χ1) is 7.90. The van der Waals surface area contributed by atoms with Crippen molar-refractivity contribution < 1.29 is 0 Å². The molecule has 0 aromatic heterocycles. The van der Waals surface area contributed by atoms with Crippen molar-refractivity contribution in [3.63, 3.8) is 0 Å². The molecule has 2 N–H and O–H groups in total. The Labute approximate surface area is 110 Å². The fourth-order valence-electron chi connectivity index (χ4n) is 2.29. The second-order valence-corrected chi connectivity index (χ2v) is 5.75. The maximum absolute atomic E-state index is 6.00. The summed E-state index contributed by atoms with van der Waals surface area (Å²) in [5.41, 5.74) is 7.77. The number of halogens is 1. The van der Waals surface area contributed by atoms with Gasteiger partial charge in [0.25, 0.3) is 0 Å². The van der Waals surface area contributed by atoms with Crippen LogP contribution in [-0.4, -0.2) is 13.6 Å². The average Bonchev–Trinajstić information content (AvgIpc) is 2.20. The van der Waals surface area contributed by atoms with Crippen LogP contribution in [0.4, 0.5) is 11.4 Å². The summed E-state index contributed by atoms with van der Waals surface area (Å²) < 4.78 is 0. The molecule has 0 heterocycles. The maximum atomic E-state index is 6.00. The average molecular weight is 255 g/mol. The quantitative estimate of drug-likeness (QED) is 0.804. The molecule has 0 aliphatic carbocycles. The molecule has 1 atom stereocenters. The molecule has 0 spiro atoms. The minimum Gasteiger partial charge on any atom is -0.397 e. The third kappa shape index (κ3) is 4.47. The molecule has 2 nitrogen and oxygen atoms in total. The summed E-state index contributed by atoms with van der Waals surface area (Å²) in [6.45, 7) is 7.79. The topological polar surface area (TPSA) is 29.3 Å². The van der Waals surface area contributed by atoms with Crippen LogP contribution in [0.1, 0.15) is 27.2 Å². The van der Waals surface area contributed by atoms with Gasteiger partial charge in [-0.15, -0.1) is 0 Å². The number of benzene rings is 1. The van der Waals surface area contributed by atoms with Gasteiger partial charge in [0.05, 0.1) is 11.4 Å². The van der Waals surface area contributed by atoms with Gasteiger partial charge in [-0.2, -0.15) is 0 Å². The third-order valence-corrected chi connectivity index (χ3v) is 3.10. The first kappa shape index (κ1) is 14.2. The van der Waals surface area contributed by atoms with E-state index in [1.54, 1.807) is 0 Å². The molecule has 0 saturated heterocycles. The molecule has 1 aromatic rings. The monoisotopic (exact) mass is 254 g/mol. The predicted octanol–water partition coefficient (Wildman–Crippen LogP) is 4.04. The molecule has 0 saturated carbocycles. The number of anilines is 2. The van der Waals surface area contributed by atoms with Crippen molar-refractivity contribution in [2.24, 2.45) is 11.8 Å². The highest BCUT2D eigenvalue weighted by atomic mass is 35.5. The van der Waals surface area contributed by atoms with Gasteiger partial charge in [-0.3, -0.25) is 0 Å². The van der Waals surface area contributed by atoms with Crippen LogP contribution >= 0.6 is 11.6 Å². The Balaban J connectivity index is 2.69. The summed E-state index contributed by atoms with van der Waals surface area (Å²) in [7, 11) is 2.07. The van der Waals surface area contributed by atoms with E-state index in [-0.39, 0.29) is 0 Å². The van der Waals surface area contributed by atoms with E-state index in [1.807, 2.05) is 18.2 Å². The van der Waals surface area contributed by atoms with E-state index >= 15 is 0 Å². The van der Waals surface area contributed by atoms with E-state index in [0.29, 0.717) is 5.92 Å². The molecule has 17 heavy (non-hydrogen) atoms. The molecule has 96 valence electrons. The normalized spacial score (nSPS) is 12.8. The van der Waals surface area contributed by atoms with Crippen LogP contribution < -0.4 is 10.6 Å². The van der Waals surface area contributed by atoms with Crippen LogP contribution in [0.2, 0.25) is 5.02 Å². The van der Waals surface area contributed by atoms with Gasteiger partial charge in [0.2, 0.25) is 0 Å². The number of hydrogen-bond acceptors (Lipinski definition) is 2. The van der Waals surface area contributed by atoms with Crippen molar-refractivity contribution in [2.45, 2.75) is 27.2 Å². The standard InChI is InChI=1S/C14H23ClN2/c1-10(2)7-11(3)9-17(4)14-8-12(15)5-6-13(14)16/h5-6,8,10-11H,7,9,16H2,1-4H3. The van der Waals surface area contributed by atoms with E-state index in [9.17, 15) is 0 Å². The Hall–Kier alpha value is -0.890. The summed E-state index contributed by atoms with van der Waals surface area (Å²) in [4.78, 5) is 2.19. The zero-order valence-corrected chi connectivity index (χ0v) is 12.0. The number of nitrogen functional groups attached to an aromatic ring is 1. The molecule has 1 rings (SSSR count). The molecule has 0 aliphatic rings. The van der Waals surface area contributed by atoms with E-state index in [4.69, 9.17) is 17.3 Å². The lowest BCUT2D eigenvalue weighted by Crippen LogP contribution is -2.25. The van der Waals surface area contributed by atoms with Gasteiger partial charge in [-0.1, -0.05) is 32.4 Å². The van der Waals surface area contributed by atoms with Crippen LogP contribution in [0.25, 0.3) is 0 Å². The smallest absolute Gasteiger partial charge is 0.0612 e. The minimum atomic E-state index is 0.651. The van der Waals surface area contributed by atoms with Gasteiger partial charge in [-0.05, 0) is 36.5 Å². The molecule has 0 amide bonds. The summed E-state index contributed by atoms with van der Waals surface area (Å²) in [6, 6.07) is 5.62. The summed E-state index contributed by atoms with van der Waals surface area (Å²) in [5.74, 6) is 1.38. The SMILES string of the molecule is CC(C)CC(C)CN(C)c1cc(Cl)ccc1N. The van der Waals surface area contributed by atoms with Crippen molar-refractivity contribution in [1.82, 2.24) is 0 Å². The van der Waals surface area contributed by atoms with Gasteiger partial charge in [0.15, 0.2) is 0 Å². The van der Waals surface area contributed by atoms with E-state index in [0.717, 1.165) is 28.9 Å². The van der Waals surface area contributed by atoms with Crippen molar-refractivity contribution >= 4 is 23.0 Å². The first-order valence-electron chi connectivity index (χ1n) is 6.16. The van der Waals surface area contributed by atoms with Crippen LogP contribution in [0.5, 0.6) is 0 Å². The lowest BCUT2D eigenvalue weighted by Gasteiger charge is -2.25. The summed E-state index contributed by atoms with van der Waals surface area (Å²) >= 11 is 6.00. The van der Waals surface area contributed by atoms with Crippen LogP contribution in [0.15, 0.2) is 18.2 Å². The number of hydrogen-bond donors (Lipinski definition) is 1. The summed E-state index contributed by atoms with van der Waals surface area (Å²) in [5, 5.41) is 0.734. The zero-order valence-electron chi connectivity index (χ0n) is 11.2. The number of nitrogens with two attached hydrogens (primary N) is 1. The molecule has 0 radical (unpaired) electrons. The third-order valence-electron chi connectivity index (χ3n) is 2.86. The van der Waals surface area contributed by atoms with Gasteiger partial charge in [-0.25, -0.2) is 0 Å². The molecule has 1 unspecified atom stereocenters. The molecule has 0 aliphatic heterocycles. The van der Waals surface area contributed by atoms with Crippen molar-refractivity contribution in [1.29, 1.82) is 0 Å². The highest BCUT2D eigenvalue weighted by Crippen LogP contribution is 2.27. The van der Waals surface area contributed by atoms with Gasteiger partial charge in [0.1, 0.15) is 0 Å². The predicted molar refractivity (Wildman–Crippen MR) is 77.8 cm³/mol. The lowest BCUT2D eigenvalue weighted by atomic mass is 9.98. The molecule has 1 aromatic carbocycles. The van der Waals surface area contributed by atoms with Gasteiger partial charge in [0, 0.05) is 18.6 Å². The van der Waals surface area contributed by atoms with E-state index in [1.165, 1.54) is 6.42 Å². The van der Waals surface area contributed by atoms with E-state index in [2.05, 4.69) is 32.7 Å². The highest BCUT2D eigenvalue weighted by molar-refractivity contribution is 6.31. The second-order valence-electron chi connectivity index (χ2n) is 5.32. The molecular weight excluding hydrogens is 232 g/mol. The van der Waals surface area contributed by atoms with Crippen molar-refractivity contribution in [2.75, 3.05) is 24.2 Å². The number of rotatable bonds is 5. The number of nitrogens with zero attached hydrogens (tertiary/aromatic N) is 1. The largest absolute Gasteiger partial charge is 0.397 e. The zero-order chi connectivity index (χ0) is 13.0. The van der Waals surface area contributed by atoms with E-state index < -0.39 is 0 Å². The Morgan fingerprint density at radius 3 is 2.53 bits per heavy atom.